The molecule has 0 saturated heterocycles. The minimum Gasteiger partial charge on any atom is -0.354 e. The monoisotopic (exact) mass is 462 g/mol. The number of nitrogens with zero attached hydrogens (tertiary/aromatic N) is 1. The summed E-state index contributed by atoms with van der Waals surface area (Å²) in [6.45, 7) is -0.159. The molecule has 31 heavy (non-hydrogen) atoms. The van der Waals surface area contributed by atoms with Gasteiger partial charge in [-0.15, -0.1) is 11.8 Å². The Bertz CT molecular complexity index is 1110. The number of rotatable bonds is 9. The Hall–Kier alpha value is -2.91. The van der Waals surface area contributed by atoms with E-state index in [2.05, 4.69) is 5.32 Å². The van der Waals surface area contributed by atoms with Crippen molar-refractivity contribution < 1.29 is 22.0 Å². The molecule has 0 aliphatic rings. The quantitative estimate of drug-likeness (QED) is 0.385. The van der Waals surface area contributed by atoms with Crippen molar-refractivity contribution in [2.75, 3.05) is 23.1 Å². The molecule has 3 aromatic carbocycles. The van der Waals surface area contributed by atoms with E-state index in [1.165, 1.54) is 12.1 Å². The molecule has 5 nitrogen and oxygen atoms in total. The molecule has 0 radical (unpaired) electrons. The number of hydrogen-bond donors (Lipinski definition) is 1. The van der Waals surface area contributed by atoms with Crippen LogP contribution in [0.2, 0.25) is 0 Å². The maximum absolute atomic E-state index is 13.3. The van der Waals surface area contributed by atoms with Crippen molar-refractivity contribution >= 4 is 33.4 Å². The van der Waals surface area contributed by atoms with Gasteiger partial charge in [-0.3, -0.25) is 9.10 Å². The third kappa shape index (κ3) is 6.28. The average Bonchev–Trinajstić information content (AvgIpc) is 2.77. The lowest BCUT2D eigenvalue weighted by atomic mass is 10.3. The number of benzene rings is 3. The fourth-order valence-electron chi connectivity index (χ4n) is 2.72. The minimum absolute atomic E-state index is 0.125. The highest BCUT2D eigenvalue weighted by Crippen LogP contribution is 2.24. The Balaban J connectivity index is 1.71. The molecule has 0 spiro atoms. The van der Waals surface area contributed by atoms with E-state index >= 15 is 0 Å². The summed E-state index contributed by atoms with van der Waals surface area (Å²) >= 11 is 1.56. The van der Waals surface area contributed by atoms with Crippen LogP contribution in [-0.2, 0) is 14.8 Å². The highest BCUT2D eigenvalue weighted by molar-refractivity contribution is 7.99. The van der Waals surface area contributed by atoms with E-state index in [1.54, 1.807) is 11.8 Å². The van der Waals surface area contributed by atoms with Crippen molar-refractivity contribution in [3.63, 3.8) is 0 Å². The zero-order valence-corrected chi connectivity index (χ0v) is 18.0. The van der Waals surface area contributed by atoms with Crippen molar-refractivity contribution in [3.05, 3.63) is 90.5 Å². The van der Waals surface area contributed by atoms with Gasteiger partial charge in [0.25, 0.3) is 10.0 Å². The first-order valence-electron chi connectivity index (χ1n) is 9.35. The predicted octanol–water partition coefficient (Wildman–Crippen LogP) is 4.07. The number of amides is 1. The lowest BCUT2D eigenvalue weighted by molar-refractivity contribution is -0.119. The van der Waals surface area contributed by atoms with Crippen LogP contribution >= 0.6 is 11.8 Å². The summed E-state index contributed by atoms with van der Waals surface area (Å²) in [7, 11) is -4.17. The highest BCUT2D eigenvalue weighted by atomic mass is 32.2. The number of carbonyl (C=O) groups is 1. The zero-order chi connectivity index (χ0) is 22.3. The van der Waals surface area contributed by atoms with Gasteiger partial charge in [0.05, 0.1) is 10.6 Å². The van der Waals surface area contributed by atoms with E-state index in [9.17, 15) is 22.0 Å². The Morgan fingerprint density at radius 3 is 2.06 bits per heavy atom. The van der Waals surface area contributed by atoms with Gasteiger partial charge in [-0.05, 0) is 60.7 Å². The smallest absolute Gasteiger partial charge is 0.264 e. The van der Waals surface area contributed by atoms with Crippen LogP contribution in [-0.4, -0.2) is 33.2 Å². The normalized spacial score (nSPS) is 11.2. The molecular weight excluding hydrogens is 442 g/mol. The molecule has 0 heterocycles. The third-order valence-electron chi connectivity index (χ3n) is 4.24. The van der Waals surface area contributed by atoms with Crippen LogP contribution in [0, 0.1) is 11.6 Å². The van der Waals surface area contributed by atoms with Gasteiger partial charge < -0.3 is 5.32 Å². The molecule has 1 amide bonds. The Morgan fingerprint density at radius 1 is 0.871 bits per heavy atom. The molecule has 3 rings (SSSR count). The van der Waals surface area contributed by atoms with Crippen molar-refractivity contribution in [2.24, 2.45) is 0 Å². The van der Waals surface area contributed by atoms with Gasteiger partial charge in [0.2, 0.25) is 5.91 Å². The Morgan fingerprint density at radius 2 is 1.45 bits per heavy atom. The Labute approximate surface area is 184 Å². The third-order valence-corrected chi connectivity index (χ3v) is 7.04. The molecule has 162 valence electrons. The second-order valence-corrected chi connectivity index (χ2v) is 9.48. The first-order valence-corrected chi connectivity index (χ1v) is 11.8. The van der Waals surface area contributed by atoms with Gasteiger partial charge in [0.1, 0.15) is 18.2 Å². The summed E-state index contributed by atoms with van der Waals surface area (Å²) in [6, 6.07) is 18.7. The number of nitrogens with one attached hydrogen (secondary N) is 1. The first kappa shape index (κ1) is 22.8. The van der Waals surface area contributed by atoms with Crippen LogP contribution in [0.25, 0.3) is 0 Å². The van der Waals surface area contributed by atoms with Crippen LogP contribution in [0.15, 0.2) is 88.7 Å². The first-order chi connectivity index (χ1) is 14.9. The van der Waals surface area contributed by atoms with Crippen LogP contribution in [0.1, 0.15) is 0 Å². The van der Waals surface area contributed by atoms with E-state index in [0.29, 0.717) is 12.3 Å². The van der Waals surface area contributed by atoms with Gasteiger partial charge in [0, 0.05) is 17.2 Å². The van der Waals surface area contributed by atoms with Crippen molar-refractivity contribution in [2.45, 2.75) is 9.79 Å². The molecule has 1 N–H and O–H groups in total. The molecule has 0 atom stereocenters. The van der Waals surface area contributed by atoms with Gasteiger partial charge in [-0.25, -0.2) is 17.2 Å². The summed E-state index contributed by atoms with van der Waals surface area (Å²) in [6.07, 6.45) is 0. The number of sulfonamides is 1. The fourth-order valence-corrected chi connectivity index (χ4v) is 4.93. The molecule has 0 aliphatic heterocycles. The van der Waals surface area contributed by atoms with Gasteiger partial charge >= 0.3 is 0 Å². The molecule has 0 saturated carbocycles. The van der Waals surface area contributed by atoms with E-state index in [1.807, 2.05) is 30.3 Å². The largest absolute Gasteiger partial charge is 0.354 e. The topological polar surface area (TPSA) is 66.5 Å². The van der Waals surface area contributed by atoms with E-state index < -0.39 is 34.1 Å². The molecule has 0 aliphatic carbocycles. The van der Waals surface area contributed by atoms with E-state index in [-0.39, 0.29) is 10.6 Å². The molecule has 0 aromatic heterocycles. The summed E-state index contributed by atoms with van der Waals surface area (Å²) in [5.74, 6) is -1.02. The fraction of sp³-hybridized carbons (Fsp3) is 0.136. The van der Waals surface area contributed by atoms with Crippen LogP contribution in [0.5, 0.6) is 0 Å². The molecule has 3 aromatic rings. The SMILES string of the molecule is O=C(CN(c1ccc(F)cc1)S(=O)(=O)c1ccc(F)cc1)NCCSc1ccccc1. The lowest BCUT2D eigenvalue weighted by Gasteiger charge is -2.24. The van der Waals surface area contributed by atoms with Crippen molar-refractivity contribution in [3.8, 4) is 0 Å². The van der Waals surface area contributed by atoms with Crippen LogP contribution in [0.4, 0.5) is 14.5 Å². The molecule has 0 bridgehead atoms. The molecule has 9 heteroatoms. The maximum Gasteiger partial charge on any atom is 0.264 e. The maximum atomic E-state index is 13.3. The van der Waals surface area contributed by atoms with Gasteiger partial charge in [-0.2, -0.15) is 0 Å². The number of thioether (sulfide) groups is 1. The highest BCUT2D eigenvalue weighted by Gasteiger charge is 2.27. The van der Waals surface area contributed by atoms with Gasteiger partial charge in [0.15, 0.2) is 0 Å². The molecule has 0 fully saturated rings. The van der Waals surface area contributed by atoms with Crippen LogP contribution in [0.3, 0.4) is 0 Å². The van der Waals surface area contributed by atoms with Crippen molar-refractivity contribution in [1.82, 2.24) is 5.32 Å². The zero-order valence-electron chi connectivity index (χ0n) is 16.4. The van der Waals surface area contributed by atoms with Gasteiger partial charge in [-0.1, -0.05) is 18.2 Å². The van der Waals surface area contributed by atoms with Crippen molar-refractivity contribution in [1.29, 1.82) is 0 Å². The summed E-state index contributed by atoms with van der Waals surface area (Å²) < 4.78 is 53.6. The minimum atomic E-state index is -4.17. The second-order valence-electron chi connectivity index (χ2n) is 6.45. The van der Waals surface area contributed by atoms with E-state index in [4.69, 9.17) is 0 Å². The average molecular weight is 463 g/mol. The summed E-state index contributed by atoms with van der Waals surface area (Å²) in [5.41, 5.74) is 0.125. The number of anilines is 1. The standard InChI is InChI=1S/C22H20F2N2O3S2/c23-17-6-10-19(11-7-17)26(31(28,29)21-12-8-18(24)9-13-21)16-22(27)25-14-15-30-20-4-2-1-3-5-20/h1-13H,14-16H2,(H,25,27). The molecular formula is C22H20F2N2O3S2. The number of hydrogen-bond acceptors (Lipinski definition) is 4. The number of halogens is 2. The predicted molar refractivity (Wildman–Crippen MR) is 118 cm³/mol. The van der Waals surface area contributed by atoms with Crippen LogP contribution < -0.4 is 9.62 Å². The second kappa shape index (κ2) is 10.4. The molecule has 0 unspecified atom stereocenters. The summed E-state index contributed by atoms with van der Waals surface area (Å²) in [4.78, 5) is 13.4. The number of carbonyl (C=O) groups excluding carboxylic acids is 1. The lowest BCUT2D eigenvalue weighted by Crippen LogP contribution is -2.41. The summed E-state index contributed by atoms with van der Waals surface area (Å²) in [5, 5.41) is 2.70. The Kier molecular flexibility index (Phi) is 7.64. The van der Waals surface area contributed by atoms with E-state index in [0.717, 1.165) is 45.6 Å².